The lowest BCUT2D eigenvalue weighted by Crippen LogP contribution is -2.16. The second-order valence-electron chi connectivity index (χ2n) is 7.17. The van der Waals surface area contributed by atoms with Crippen molar-refractivity contribution in [2.24, 2.45) is 0 Å². The van der Waals surface area contributed by atoms with Gasteiger partial charge in [0.05, 0.1) is 29.6 Å². The summed E-state index contributed by atoms with van der Waals surface area (Å²) in [5.74, 6) is -4.09. The zero-order valence-electron chi connectivity index (χ0n) is 17.8. The summed E-state index contributed by atoms with van der Waals surface area (Å²) in [5, 5.41) is 42.5. The third-order valence-corrected chi connectivity index (χ3v) is 5.06. The molecule has 1 amide bonds. The number of alkyl halides is 3. The molecule has 35 heavy (non-hydrogen) atoms. The number of amides is 1. The Hall–Kier alpha value is -4.79. The van der Waals surface area contributed by atoms with Gasteiger partial charge in [-0.2, -0.15) is 18.4 Å². The summed E-state index contributed by atoms with van der Waals surface area (Å²) in [6.45, 7) is 0. The number of methoxy groups -OCH3 is 1. The van der Waals surface area contributed by atoms with Gasteiger partial charge in [-0.3, -0.25) is 14.9 Å². The normalized spacial score (nSPS) is 11.9. The van der Waals surface area contributed by atoms with E-state index in [4.69, 9.17) is 4.74 Å². The molecule has 3 N–H and O–H groups in total. The summed E-state index contributed by atoms with van der Waals surface area (Å²) in [6.07, 6.45) is -4.91. The number of benzene rings is 3. The number of nitrogens with zero attached hydrogens (tertiary/aromatic N) is 2. The average molecular weight is 487 g/mol. The van der Waals surface area contributed by atoms with Gasteiger partial charge in [0.1, 0.15) is 17.1 Å². The number of nitriles is 1. The van der Waals surface area contributed by atoms with E-state index in [0.717, 1.165) is 24.3 Å². The van der Waals surface area contributed by atoms with Crippen molar-refractivity contribution in [3.63, 3.8) is 0 Å². The number of nitro benzene ring substituents is 1. The molecule has 3 aromatic carbocycles. The zero-order chi connectivity index (χ0) is 25.9. The van der Waals surface area contributed by atoms with E-state index in [0.29, 0.717) is 11.8 Å². The maximum absolute atomic E-state index is 13.9. The first-order valence-electron chi connectivity index (χ1n) is 9.73. The number of carbonyl (C=O) groups is 1. The maximum atomic E-state index is 13.9. The van der Waals surface area contributed by atoms with Crippen LogP contribution < -0.4 is 10.1 Å². The molecule has 0 bridgehead atoms. The number of rotatable bonds is 6. The van der Waals surface area contributed by atoms with Crippen LogP contribution in [0.5, 0.6) is 17.2 Å². The Morgan fingerprint density at radius 2 is 1.80 bits per heavy atom. The smallest absolute Gasteiger partial charge is 0.416 e. The highest BCUT2D eigenvalue weighted by Crippen LogP contribution is 2.40. The molecule has 0 radical (unpaired) electrons. The van der Waals surface area contributed by atoms with Gasteiger partial charge in [-0.15, -0.1) is 0 Å². The maximum Gasteiger partial charge on any atom is 0.416 e. The van der Waals surface area contributed by atoms with Crippen molar-refractivity contribution in [3.8, 4) is 23.3 Å². The summed E-state index contributed by atoms with van der Waals surface area (Å²) in [5.41, 5.74) is -3.44. The van der Waals surface area contributed by atoms with E-state index in [1.54, 1.807) is 0 Å². The molecule has 0 heterocycles. The average Bonchev–Trinajstić information content (AvgIpc) is 2.80. The molecule has 0 saturated carbocycles. The number of anilines is 1. The van der Waals surface area contributed by atoms with Crippen molar-refractivity contribution in [3.05, 3.63) is 87.0 Å². The monoisotopic (exact) mass is 487 g/mol. The van der Waals surface area contributed by atoms with Crippen LogP contribution in [-0.4, -0.2) is 28.2 Å². The standard InChI is InChI=1S/C23H16F3N3O6/c1-35-14-5-2-12(3-6-14)16(11-27)15-7-4-13(10-17(15)23(24,25)26)28-22(32)20-19(30)9-8-18(21(20)31)29(33)34/h2-10,16,30-31H,1H3,(H,28,32). The predicted molar refractivity (Wildman–Crippen MR) is 116 cm³/mol. The molecule has 0 aliphatic rings. The quantitative estimate of drug-likeness (QED) is 0.330. The molecule has 0 aliphatic carbocycles. The summed E-state index contributed by atoms with van der Waals surface area (Å²) >= 11 is 0. The Morgan fingerprint density at radius 3 is 2.34 bits per heavy atom. The fourth-order valence-electron chi connectivity index (χ4n) is 3.39. The first-order valence-corrected chi connectivity index (χ1v) is 9.73. The van der Waals surface area contributed by atoms with E-state index in [9.17, 15) is 43.6 Å². The Kier molecular flexibility index (Phi) is 6.81. The molecular weight excluding hydrogens is 471 g/mol. The van der Waals surface area contributed by atoms with Crippen LogP contribution in [0.1, 0.15) is 33.0 Å². The van der Waals surface area contributed by atoms with Gasteiger partial charge in [0.25, 0.3) is 5.91 Å². The molecule has 0 spiro atoms. The van der Waals surface area contributed by atoms with Gasteiger partial charge in [-0.05, 0) is 41.5 Å². The van der Waals surface area contributed by atoms with Crippen LogP contribution in [0.25, 0.3) is 0 Å². The zero-order valence-corrected chi connectivity index (χ0v) is 17.8. The summed E-state index contributed by atoms with van der Waals surface area (Å²) < 4.78 is 46.7. The van der Waals surface area contributed by atoms with Crippen molar-refractivity contribution in [1.29, 1.82) is 5.26 Å². The number of hydrogen-bond acceptors (Lipinski definition) is 7. The molecule has 12 heteroatoms. The van der Waals surface area contributed by atoms with Gasteiger partial charge < -0.3 is 20.3 Å². The molecule has 0 aromatic heterocycles. The van der Waals surface area contributed by atoms with Crippen LogP contribution in [0.3, 0.4) is 0 Å². The van der Waals surface area contributed by atoms with Crippen LogP contribution in [0.4, 0.5) is 24.5 Å². The Balaban J connectivity index is 2.02. The molecule has 180 valence electrons. The van der Waals surface area contributed by atoms with Crippen molar-refractivity contribution in [2.45, 2.75) is 12.1 Å². The van der Waals surface area contributed by atoms with Gasteiger partial charge in [0.2, 0.25) is 5.75 Å². The van der Waals surface area contributed by atoms with E-state index >= 15 is 0 Å². The number of nitrogens with one attached hydrogen (secondary N) is 1. The van der Waals surface area contributed by atoms with Crippen LogP contribution >= 0.6 is 0 Å². The van der Waals surface area contributed by atoms with Gasteiger partial charge >= 0.3 is 11.9 Å². The fourth-order valence-corrected chi connectivity index (χ4v) is 3.39. The van der Waals surface area contributed by atoms with Crippen LogP contribution in [0.2, 0.25) is 0 Å². The number of halogens is 3. The van der Waals surface area contributed by atoms with Gasteiger partial charge in [-0.1, -0.05) is 18.2 Å². The minimum atomic E-state index is -4.91. The SMILES string of the molecule is COc1ccc(C(C#N)c2ccc(NC(=O)c3c(O)ccc([N+](=O)[O-])c3O)cc2C(F)(F)F)cc1. The minimum absolute atomic E-state index is 0.280. The Labute approximate surface area is 195 Å². The predicted octanol–water partition coefficient (Wildman–Crippen LogP) is 4.94. The lowest BCUT2D eigenvalue weighted by molar-refractivity contribution is -0.385. The Morgan fingerprint density at radius 1 is 1.14 bits per heavy atom. The largest absolute Gasteiger partial charge is 0.507 e. The molecule has 9 nitrogen and oxygen atoms in total. The van der Waals surface area contributed by atoms with Gasteiger partial charge in [0.15, 0.2) is 0 Å². The molecule has 0 saturated heterocycles. The van der Waals surface area contributed by atoms with Crippen molar-refractivity contribution in [1.82, 2.24) is 0 Å². The van der Waals surface area contributed by atoms with Crippen molar-refractivity contribution >= 4 is 17.3 Å². The molecular formula is C23H16F3N3O6. The van der Waals surface area contributed by atoms with E-state index in [-0.39, 0.29) is 16.8 Å². The van der Waals surface area contributed by atoms with Crippen LogP contribution in [-0.2, 0) is 6.18 Å². The number of phenols is 2. The minimum Gasteiger partial charge on any atom is -0.507 e. The molecule has 0 fully saturated rings. The van der Waals surface area contributed by atoms with Crippen LogP contribution in [0.15, 0.2) is 54.6 Å². The number of ether oxygens (including phenoxy) is 1. The molecule has 0 aliphatic heterocycles. The topological polar surface area (TPSA) is 146 Å². The fraction of sp³-hybridized carbons (Fsp3) is 0.130. The van der Waals surface area contributed by atoms with Gasteiger partial charge in [0, 0.05) is 11.8 Å². The number of nitro groups is 1. The van der Waals surface area contributed by atoms with Gasteiger partial charge in [-0.25, -0.2) is 0 Å². The highest BCUT2D eigenvalue weighted by molar-refractivity contribution is 6.09. The summed E-state index contributed by atoms with van der Waals surface area (Å²) in [7, 11) is 1.42. The Bertz CT molecular complexity index is 1330. The van der Waals surface area contributed by atoms with Crippen molar-refractivity contribution in [2.75, 3.05) is 12.4 Å². The van der Waals surface area contributed by atoms with E-state index in [1.807, 2.05) is 6.07 Å². The third kappa shape index (κ3) is 5.09. The first kappa shape index (κ1) is 24.8. The first-order chi connectivity index (χ1) is 16.5. The lowest BCUT2D eigenvalue weighted by Gasteiger charge is -2.19. The van der Waals surface area contributed by atoms with Crippen LogP contribution in [0, 0.1) is 21.4 Å². The molecule has 1 atom stereocenters. The molecule has 3 aromatic rings. The highest BCUT2D eigenvalue weighted by atomic mass is 19.4. The van der Waals surface area contributed by atoms with E-state index < -0.39 is 51.2 Å². The number of hydrogen-bond donors (Lipinski definition) is 3. The summed E-state index contributed by atoms with van der Waals surface area (Å²) in [4.78, 5) is 22.5. The van der Waals surface area contributed by atoms with Crippen molar-refractivity contribution < 1.29 is 37.8 Å². The molecule has 3 rings (SSSR count). The second-order valence-corrected chi connectivity index (χ2v) is 7.17. The number of phenolic OH excluding ortho intramolecular Hbond substituents is 2. The lowest BCUT2D eigenvalue weighted by atomic mass is 9.88. The molecule has 1 unspecified atom stereocenters. The highest BCUT2D eigenvalue weighted by Gasteiger charge is 2.36. The number of aromatic hydroxyl groups is 2. The van der Waals surface area contributed by atoms with E-state index in [2.05, 4.69) is 5.32 Å². The second kappa shape index (κ2) is 9.60. The van der Waals surface area contributed by atoms with E-state index in [1.165, 1.54) is 31.4 Å². The number of carbonyl (C=O) groups excluding carboxylic acids is 1. The summed E-state index contributed by atoms with van der Waals surface area (Å²) in [6, 6.07) is 12.0. The third-order valence-electron chi connectivity index (χ3n) is 5.06.